The maximum Gasteiger partial charge on any atom is 0.257 e. The van der Waals surface area contributed by atoms with Gasteiger partial charge in [-0.25, -0.2) is 9.97 Å². The molecule has 1 saturated heterocycles. The molecule has 0 spiro atoms. The lowest BCUT2D eigenvalue weighted by Gasteiger charge is -2.35. The minimum absolute atomic E-state index is 0.0201. The molecule has 3 aliphatic heterocycles. The van der Waals surface area contributed by atoms with E-state index >= 15 is 0 Å². The molecule has 0 unspecified atom stereocenters. The highest BCUT2D eigenvalue weighted by Crippen LogP contribution is 2.34. The van der Waals surface area contributed by atoms with E-state index in [9.17, 15) is 9.59 Å². The summed E-state index contributed by atoms with van der Waals surface area (Å²) in [5.41, 5.74) is 3.15. The molecular weight excluding hydrogens is 488 g/mol. The number of anilines is 1. The molecule has 2 N–H and O–H groups in total. The molecule has 2 fully saturated rings. The van der Waals surface area contributed by atoms with Gasteiger partial charge in [0.2, 0.25) is 5.91 Å². The van der Waals surface area contributed by atoms with Crippen LogP contribution in [0.5, 0.6) is 0 Å². The summed E-state index contributed by atoms with van der Waals surface area (Å²) in [6.45, 7) is 2.51. The normalized spacial score (nSPS) is 19.5. The van der Waals surface area contributed by atoms with Gasteiger partial charge in [0.05, 0.1) is 37.3 Å². The van der Waals surface area contributed by atoms with E-state index < -0.39 is 0 Å². The Morgan fingerprint density at radius 2 is 2.03 bits per heavy atom. The summed E-state index contributed by atoms with van der Waals surface area (Å²) >= 11 is 0. The summed E-state index contributed by atoms with van der Waals surface area (Å²) < 4.78 is 14.3. The maximum absolute atomic E-state index is 13.1. The van der Waals surface area contributed by atoms with E-state index in [1.165, 1.54) is 6.20 Å². The number of aromatic nitrogens is 5. The van der Waals surface area contributed by atoms with Crippen LogP contribution in [0.3, 0.4) is 0 Å². The molecule has 4 aliphatic rings. The molecule has 38 heavy (non-hydrogen) atoms. The van der Waals surface area contributed by atoms with Crippen LogP contribution >= 0.6 is 0 Å². The maximum atomic E-state index is 13.1. The van der Waals surface area contributed by atoms with Crippen LogP contribution in [0.15, 0.2) is 36.8 Å². The Bertz CT molecular complexity index is 1450. The predicted octanol–water partition coefficient (Wildman–Crippen LogP) is 1.51. The minimum Gasteiger partial charge on any atom is -0.379 e. The monoisotopic (exact) mass is 518 g/mol. The highest BCUT2D eigenvalue weighted by atomic mass is 16.5. The highest BCUT2D eigenvalue weighted by Gasteiger charge is 2.33. The summed E-state index contributed by atoms with van der Waals surface area (Å²) in [6.07, 6.45) is 6.99. The van der Waals surface area contributed by atoms with Crippen molar-refractivity contribution in [2.75, 3.05) is 45.8 Å². The number of hydrogen-bond donors (Lipinski definition) is 2. The Kier molecular flexibility index (Phi) is 6.42. The number of morpholine rings is 1. The highest BCUT2D eigenvalue weighted by molar-refractivity contribution is 6.00. The van der Waals surface area contributed by atoms with Crippen molar-refractivity contribution in [1.82, 2.24) is 34.4 Å². The first-order valence-electron chi connectivity index (χ1n) is 12.8. The van der Waals surface area contributed by atoms with Crippen molar-refractivity contribution in [3.8, 4) is 22.6 Å². The molecule has 1 saturated carbocycles. The molecule has 12 nitrogen and oxygen atoms in total. The van der Waals surface area contributed by atoms with Gasteiger partial charge in [0.15, 0.2) is 5.65 Å². The van der Waals surface area contributed by atoms with Gasteiger partial charge in [0.1, 0.15) is 23.8 Å². The molecule has 12 heteroatoms. The van der Waals surface area contributed by atoms with Crippen molar-refractivity contribution in [2.45, 2.75) is 31.5 Å². The number of methoxy groups -OCH3 is 1. The third kappa shape index (κ3) is 4.25. The molecule has 5 heterocycles. The van der Waals surface area contributed by atoms with Gasteiger partial charge in [-0.3, -0.25) is 9.59 Å². The molecule has 0 aromatic carbocycles. The van der Waals surface area contributed by atoms with E-state index in [4.69, 9.17) is 14.5 Å². The Balaban J connectivity index is 1.31. The fourth-order valence-corrected chi connectivity index (χ4v) is 5.08. The molecule has 6 rings (SSSR count). The van der Waals surface area contributed by atoms with Gasteiger partial charge in [0.25, 0.3) is 5.91 Å². The number of amides is 2. The number of ether oxygens (including phenoxy) is 2. The average molecular weight is 519 g/mol. The van der Waals surface area contributed by atoms with Gasteiger partial charge >= 0.3 is 0 Å². The Morgan fingerprint density at radius 1 is 1.18 bits per heavy atom. The van der Waals surface area contributed by atoms with E-state index in [0.29, 0.717) is 54.9 Å². The van der Waals surface area contributed by atoms with Crippen LogP contribution in [0.25, 0.3) is 28.3 Å². The van der Waals surface area contributed by atoms with Gasteiger partial charge in [0, 0.05) is 56.8 Å². The van der Waals surface area contributed by atoms with Crippen molar-refractivity contribution in [3.63, 3.8) is 0 Å². The number of fused-ring (bicyclic) bond motifs is 2. The summed E-state index contributed by atoms with van der Waals surface area (Å²) in [7, 11) is 3.45. The second-order valence-corrected chi connectivity index (χ2v) is 9.54. The topological polar surface area (TPSA) is 128 Å². The number of nitrogens with zero attached hydrogens (tertiary/aromatic N) is 6. The minimum atomic E-state index is -0.233. The van der Waals surface area contributed by atoms with Crippen LogP contribution in [0.2, 0.25) is 0 Å². The predicted molar refractivity (Wildman–Crippen MR) is 139 cm³/mol. The van der Waals surface area contributed by atoms with Crippen LogP contribution in [0.1, 0.15) is 23.2 Å². The van der Waals surface area contributed by atoms with E-state index in [1.807, 2.05) is 33.9 Å². The summed E-state index contributed by atoms with van der Waals surface area (Å²) in [5.74, 6) is 1.18. The number of carbonyl (C=O) groups is 2. The van der Waals surface area contributed by atoms with Crippen molar-refractivity contribution < 1.29 is 19.1 Å². The number of rotatable bonds is 7. The number of pyridine rings is 1. The van der Waals surface area contributed by atoms with E-state index in [1.54, 1.807) is 24.9 Å². The summed E-state index contributed by atoms with van der Waals surface area (Å²) in [6, 6.07) is 5.72. The van der Waals surface area contributed by atoms with Crippen molar-refractivity contribution in [2.24, 2.45) is 0 Å². The zero-order valence-electron chi connectivity index (χ0n) is 21.4. The molecular formula is C26H30N8O4. The van der Waals surface area contributed by atoms with Crippen molar-refractivity contribution >= 4 is 23.3 Å². The molecule has 1 aliphatic carbocycles. The molecule has 2 aromatic heterocycles. The van der Waals surface area contributed by atoms with Crippen LogP contribution in [-0.2, 0) is 20.8 Å². The van der Waals surface area contributed by atoms with Crippen LogP contribution in [0, 0.1) is 0 Å². The Hall–Kier alpha value is -4.03. The smallest absolute Gasteiger partial charge is 0.257 e. The van der Waals surface area contributed by atoms with E-state index in [2.05, 4.69) is 20.7 Å². The van der Waals surface area contributed by atoms with Gasteiger partial charge in [-0.15, -0.1) is 0 Å². The van der Waals surface area contributed by atoms with Gasteiger partial charge in [-0.1, -0.05) is 0 Å². The second kappa shape index (κ2) is 10.0. The standard InChI is InChI=1S/C26H30N8O4/c1-27-22-12-20(30-25-18(14-29-34(22)25)26(36)31-19-5-6-21(19)37-2)17-13-28-24-16(17)4-3-7-33(24)15-23(35)32-8-10-38-11-9-32/h3-4,7,12-14,19,21,27H,5-6,8-11,15H2,1-2H3,(H,31,36)/t19-,21-/m1/s1. The first-order valence-corrected chi connectivity index (χ1v) is 12.8. The zero-order chi connectivity index (χ0) is 26.2. The quantitative estimate of drug-likeness (QED) is 0.377. The summed E-state index contributed by atoms with van der Waals surface area (Å²) in [4.78, 5) is 37.3. The van der Waals surface area contributed by atoms with Gasteiger partial charge in [-0.2, -0.15) is 9.61 Å². The lowest BCUT2D eigenvalue weighted by Crippen LogP contribution is -2.51. The van der Waals surface area contributed by atoms with Crippen LogP contribution in [0.4, 0.5) is 5.82 Å². The lowest BCUT2D eigenvalue weighted by molar-refractivity contribution is -0.135. The van der Waals surface area contributed by atoms with Crippen LogP contribution < -0.4 is 10.6 Å². The number of carbonyl (C=O) groups excluding carboxylic acids is 2. The van der Waals surface area contributed by atoms with E-state index in [0.717, 1.165) is 24.0 Å². The molecule has 198 valence electrons. The average Bonchev–Trinajstić information content (AvgIpc) is 3.56. The second-order valence-electron chi connectivity index (χ2n) is 9.54. The fourth-order valence-electron chi connectivity index (χ4n) is 5.08. The van der Waals surface area contributed by atoms with E-state index in [-0.39, 0.29) is 30.5 Å². The number of nitrogens with one attached hydrogen (secondary N) is 2. The number of hydrogen-bond acceptors (Lipinski definition) is 8. The molecule has 2 aromatic rings. The SMILES string of the molecule is CNc1cc(-c2cnc3n(CC(=O)N4CCOCC4)cccc2-3)nc2c(C(=O)N[C@@H]3CC[C@H]3OC)cnn12. The van der Waals surface area contributed by atoms with Gasteiger partial charge < -0.3 is 29.6 Å². The molecule has 2 atom stereocenters. The third-order valence-corrected chi connectivity index (χ3v) is 7.40. The fraction of sp³-hybridized carbons (Fsp3) is 0.423. The first-order chi connectivity index (χ1) is 18.6. The Labute approximate surface area is 219 Å². The van der Waals surface area contributed by atoms with Crippen molar-refractivity contribution in [3.05, 3.63) is 42.4 Å². The largest absolute Gasteiger partial charge is 0.379 e. The lowest BCUT2D eigenvalue weighted by atomic mass is 9.89. The first kappa shape index (κ1) is 24.3. The van der Waals surface area contributed by atoms with Crippen molar-refractivity contribution in [1.29, 1.82) is 0 Å². The molecule has 0 bridgehead atoms. The van der Waals surface area contributed by atoms with Gasteiger partial charge in [-0.05, 0) is 25.0 Å². The molecule has 2 amide bonds. The molecule has 0 radical (unpaired) electrons. The Morgan fingerprint density at radius 3 is 2.76 bits per heavy atom. The summed E-state index contributed by atoms with van der Waals surface area (Å²) in [5, 5.41) is 10.6. The third-order valence-electron chi connectivity index (χ3n) is 7.40. The zero-order valence-corrected chi connectivity index (χ0v) is 21.4. The van der Waals surface area contributed by atoms with Crippen LogP contribution in [-0.4, -0.2) is 93.5 Å².